The van der Waals surface area contributed by atoms with Crippen molar-refractivity contribution < 1.29 is 18.3 Å². The molecule has 5 nitrogen and oxygen atoms in total. The summed E-state index contributed by atoms with van der Waals surface area (Å²) < 4.78 is 32.6. The topological polar surface area (TPSA) is 75.6 Å². The van der Waals surface area contributed by atoms with Gasteiger partial charge in [0.2, 0.25) is 10.0 Å². The van der Waals surface area contributed by atoms with Gasteiger partial charge in [-0.25, -0.2) is 13.1 Å². The normalized spacial score (nSPS) is 14.1. The Kier molecular flexibility index (Phi) is 6.21. The zero-order valence-corrected chi connectivity index (χ0v) is 15.6. The number of nitrogens with one attached hydrogen (secondary N) is 1. The minimum Gasteiger partial charge on any atom is -0.497 e. The fourth-order valence-electron chi connectivity index (χ4n) is 2.53. The van der Waals surface area contributed by atoms with Crippen LogP contribution in [-0.2, 0) is 16.4 Å². The van der Waals surface area contributed by atoms with E-state index in [2.05, 4.69) is 4.72 Å². The van der Waals surface area contributed by atoms with E-state index < -0.39 is 15.6 Å². The van der Waals surface area contributed by atoms with E-state index in [1.54, 1.807) is 26.0 Å². The van der Waals surface area contributed by atoms with Gasteiger partial charge in [-0.3, -0.25) is 0 Å². The zero-order valence-electron chi connectivity index (χ0n) is 14.8. The Bertz CT molecular complexity index is 801. The van der Waals surface area contributed by atoms with Gasteiger partial charge in [0.1, 0.15) is 5.75 Å². The number of hydrogen-bond acceptors (Lipinski definition) is 4. The van der Waals surface area contributed by atoms with Crippen LogP contribution in [0.3, 0.4) is 0 Å². The van der Waals surface area contributed by atoms with Crippen LogP contribution in [0.1, 0.15) is 24.5 Å². The lowest BCUT2D eigenvalue weighted by Crippen LogP contribution is -2.41. The van der Waals surface area contributed by atoms with Gasteiger partial charge in [-0.1, -0.05) is 30.3 Å². The van der Waals surface area contributed by atoms with Crippen molar-refractivity contribution in [3.8, 4) is 5.75 Å². The predicted octanol–water partition coefficient (Wildman–Crippen LogP) is 2.67. The second kappa shape index (κ2) is 7.99. The number of aryl methyl sites for hydroxylation is 2. The fraction of sp³-hybridized carbons (Fsp3) is 0.368. The smallest absolute Gasteiger partial charge is 0.240 e. The summed E-state index contributed by atoms with van der Waals surface area (Å²) in [5.74, 6) is 0.603. The first kappa shape index (κ1) is 19.4. The van der Waals surface area contributed by atoms with Crippen molar-refractivity contribution in [3.05, 3.63) is 59.7 Å². The Morgan fingerprint density at radius 1 is 1.16 bits per heavy atom. The molecule has 0 aliphatic rings. The highest BCUT2D eigenvalue weighted by atomic mass is 32.2. The summed E-state index contributed by atoms with van der Waals surface area (Å²) in [6.45, 7) is 3.30. The largest absolute Gasteiger partial charge is 0.497 e. The summed E-state index contributed by atoms with van der Waals surface area (Å²) in [6.07, 6.45) is 1.14. The Morgan fingerprint density at radius 2 is 1.84 bits per heavy atom. The molecule has 0 radical (unpaired) electrons. The molecular formula is C19H25NO4S. The molecule has 0 saturated heterocycles. The Labute approximate surface area is 149 Å². The molecule has 0 saturated carbocycles. The number of benzene rings is 2. The van der Waals surface area contributed by atoms with Crippen LogP contribution in [0.2, 0.25) is 0 Å². The molecule has 2 aromatic carbocycles. The van der Waals surface area contributed by atoms with Gasteiger partial charge < -0.3 is 9.84 Å². The van der Waals surface area contributed by atoms with Crippen LogP contribution in [0.4, 0.5) is 0 Å². The van der Waals surface area contributed by atoms with Gasteiger partial charge >= 0.3 is 0 Å². The highest BCUT2D eigenvalue weighted by Gasteiger charge is 2.25. The third-order valence-corrected chi connectivity index (χ3v) is 5.67. The average molecular weight is 363 g/mol. The van der Waals surface area contributed by atoms with Gasteiger partial charge in [-0.15, -0.1) is 0 Å². The van der Waals surface area contributed by atoms with Crippen LogP contribution in [-0.4, -0.2) is 32.8 Å². The van der Waals surface area contributed by atoms with Crippen molar-refractivity contribution in [1.29, 1.82) is 0 Å². The van der Waals surface area contributed by atoms with E-state index in [4.69, 9.17) is 4.74 Å². The number of hydrogen-bond donors (Lipinski definition) is 2. The molecule has 0 aliphatic carbocycles. The fourth-order valence-corrected chi connectivity index (χ4v) is 3.91. The number of sulfonamides is 1. The lowest BCUT2D eigenvalue weighted by Gasteiger charge is -2.24. The minimum atomic E-state index is -3.70. The van der Waals surface area contributed by atoms with E-state index in [0.717, 1.165) is 5.56 Å². The number of aliphatic hydroxyl groups is 1. The van der Waals surface area contributed by atoms with Crippen LogP contribution >= 0.6 is 0 Å². The molecule has 0 bridgehead atoms. The van der Waals surface area contributed by atoms with Gasteiger partial charge in [0.25, 0.3) is 0 Å². The molecule has 0 amide bonds. The van der Waals surface area contributed by atoms with E-state index in [9.17, 15) is 13.5 Å². The molecule has 1 atom stereocenters. The van der Waals surface area contributed by atoms with Gasteiger partial charge in [-0.2, -0.15) is 0 Å². The molecular weight excluding hydrogens is 338 g/mol. The van der Waals surface area contributed by atoms with Crippen LogP contribution < -0.4 is 9.46 Å². The van der Waals surface area contributed by atoms with E-state index in [-0.39, 0.29) is 11.4 Å². The first-order chi connectivity index (χ1) is 11.7. The number of rotatable bonds is 8. The molecule has 1 unspecified atom stereocenters. The summed E-state index contributed by atoms with van der Waals surface area (Å²) in [5, 5.41) is 10.5. The van der Waals surface area contributed by atoms with E-state index in [0.29, 0.717) is 24.2 Å². The van der Waals surface area contributed by atoms with Gasteiger partial charge in [0.05, 0.1) is 17.6 Å². The van der Waals surface area contributed by atoms with Crippen LogP contribution in [0.5, 0.6) is 5.75 Å². The molecule has 0 aromatic heterocycles. The third-order valence-electron chi connectivity index (χ3n) is 4.11. The minimum absolute atomic E-state index is 0.0480. The highest BCUT2D eigenvalue weighted by molar-refractivity contribution is 7.89. The van der Waals surface area contributed by atoms with Crippen molar-refractivity contribution in [2.45, 2.75) is 37.2 Å². The molecule has 0 aliphatic heterocycles. The molecule has 2 aromatic rings. The van der Waals surface area contributed by atoms with Crippen molar-refractivity contribution >= 4 is 10.0 Å². The molecule has 2 rings (SSSR count). The molecule has 0 fully saturated rings. The van der Waals surface area contributed by atoms with E-state index in [1.165, 1.54) is 13.2 Å². The molecule has 136 valence electrons. The Balaban J connectivity index is 2.00. The monoisotopic (exact) mass is 363 g/mol. The van der Waals surface area contributed by atoms with Crippen molar-refractivity contribution in [3.63, 3.8) is 0 Å². The zero-order chi connectivity index (χ0) is 18.5. The maximum absolute atomic E-state index is 12.5. The molecule has 6 heteroatoms. The maximum atomic E-state index is 12.5. The van der Waals surface area contributed by atoms with E-state index in [1.807, 2.05) is 30.3 Å². The predicted molar refractivity (Wildman–Crippen MR) is 98.3 cm³/mol. The SMILES string of the molecule is COc1ccc(S(=O)(=O)NCC(C)(O)CCc2ccccc2)c(C)c1. The maximum Gasteiger partial charge on any atom is 0.240 e. The second-order valence-corrected chi connectivity index (χ2v) is 8.17. The lowest BCUT2D eigenvalue weighted by molar-refractivity contribution is 0.0565. The van der Waals surface area contributed by atoms with Crippen molar-refractivity contribution in [1.82, 2.24) is 4.72 Å². The van der Waals surface area contributed by atoms with Gasteiger partial charge in [-0.05, 0) is 56.0 Å². The molecule has 2 N–H and O–H groups in total. The van der Waals surface area contributed by atoms with Crippen molar-refractivity contribution in [2.75, 3.05) is 13.7 Å². The van der Waals surface area contributed by atoms with Gasteiger partial charge in [0, 0.05) is 6.54 Å². The van der Waals surface area contributed by atoms with E-state index >= 15 is 0 Å². The first-order valence-electron chi connectivity index (χ1n) is 8.14. The van der Waals surface area contributed by atoms with Crippen LogP contribution in [0, 0.1) is 6.92 Å². The summed E-state index contributed by atoms with van der Waals surface area (Å²) in [6, 6.07) is 14.6. The Hall–Kier alpha value is -1.89. The Morgan fingerprint density at radius 3 is 2.44 bits per heavy atom. The molecule has 0 heterocycles. The average Bonchev–Trinajstić information content (AvgIpc) is 2.59. The summed E-state index contributed by atoms with van der Waals surface area (Å²) in [4.78, 5) is 0.187. The number of methoxy groups -OCH3 is 1. The highest BCUT2D eigenvalue weighted by Crippen LogP contribution is 2.21. The standard InChI is InChI=1S/C19H25NO4S/c1-15-13-17(24-3)9-10-18(15)25(22,23)20-14-19(2,21)12-11-16-7-5-4-6-8-16/h4-10,13,20-21H,11-12,14H2,1-3H3. The van der Waals surface area contributed by atoms with Crippen LogP contribution in [0.25, 0.3) is 0 Å². The quantitative estimate of drug-likeness (QED) is 0.756. The summed E-state index contributed by atoms with van der Waals surface area (Å²) in [5.41, 5.74) is 0.566. The van der Waals surface area contributed by atoms with Crippen LogP contribution in [0.15, 0.2) is 53.4 Å². The summed E-state index contributed by atoms with van der Waals surface area (Å²) >= 11 is 0. The molecule has 0 spiro atoms. The third kappa shape index (κ3) is 5.56. The lowest BCUT2D eigenvalue weighted by atomic mass is 9.97. The van der Waals surface area contributed by atoms with Crippen molar-refractivity contribution in [2.24, 2.45) is 0 Å². The summed E-state index contributed by atoms with van der Waals surface area (Å²) in [7, 11) is -2.16. The number of ether oxygens (including phenoxy) is 1. The first-order valence-corrected chi connectivity index (χ1v) is 9.62. The molecule has 25 heavy (non-hydrogen) atoms. The van der Waals surface area contributed by atoms with Gasteiger partial charge in [0.15, 0.2) is 0 Å². The second-order valence-electron chi connectivity index (χ2n) is 6.44.